The molecular weight excluding hydrogens is 258 g/mol. The zero-order chi connectivity index (χ0) is 14.5. The van der Waals surface area contributed by atoms with Gasteiger partial charge >= 0.3 is 0 Å². The fourth-order valence-electron chi connectivity index (χ4n) is 2.26. The van der Waals surface area contributed by atoms with Gasteiger partial charge in [0.2, 0.25) is 5.91 Å². The van der Waals surface area contributed by atoms with Crippen LogP contribution in [-0.4, -0.2) is 52.9 Å². The zero-order valence-electron chi connectivity index (χ0n) is 11.7. The maximum absolute atomic E-state index is 11.9. The minimum atomic E-state index is -0.817. The predicted molar refractivity (Wildman–Crippen MR) is 74.5 cm³/mol. The van der Waals surface area contributed by atoms with E-state index in [4.69, 9.17) is 4.74 Å². The molecule has 1 aliphatic heterocycles. The maximum Gasteiger partial charge on any atom is 0.222 e. The minimum Gasteiger partial charge on any atom is -0.493 e. The van der Waals surface area contributed by atoms with Gasteiger partial charge in [0.25, 0.3) is 0 Å². The van der Waals surface area contributed by atoms with Crippen LogP contribution in [0.15, 0.2) is 24.3 Å². The molecule has 110 valence electrons. The molecule has 1 aromatic rings. The van der Waals surface area contributed by atoms with E-state index in [-0.39, 0.29) is 19.0 Å². The van der Waals surface area contributed by atoms with Crippen molar-refractivity contribution in [3.63, 3.8) is 0 Å². The summed E-state index contributed by atoms with van der Waals surface area (Å²) in [6.07, 6.45) is -0.648. The molecule has 1 aromatic carbocycles. The number of carbonyl (C=O) groups excluding carboxylic acids is 1. The Morgan fingerprint density at radius 2 is 1.95 bits per heavy atom. The van der Waals surface area contributed by atoms with E-state index < -0.39 is 12.2 Å². The molecular formula is C15H21NO4. The molecule has 1 fully saturated rings. The number of likely N-dealkylation sites (tertiary alicyclic amines) is 1. The van der Waals surface area contributed by atoms with Gasteiger partial charge in [0.15, 0.2) is 0 Å². The number of hydrogen-bond donors (Lipinski definition) is 2. The van der Waals surface area contributed by atoms with Gasteiger partial charge in [0.05, 0.1) is 18.8 Å². The van der Waals surface area contributed by atoms with Crippen molar-refractivity contribution in [2.24, 2.45) is 0 Å². The van der Waals surface area contributed by atoms with Crippen LogP contribution in [0.3, 0.4) is 0 Å². The molecule has 5 heteroatoms. The Hall–Kier alpha value is -1.59. The molecule has 2 atom stereocenters. The summed E-state index contributed by atoms with van der Waals surface area (Å²) in [7, 11) is 0. The first-order valence-electron chi connectivity index (χ1n) is 6.90. The summed E-state index contributed by atoms with van der Waals surface area (Å²) in [4.78, 5) is 13.4. The molecule has 0 spiro atoms. The van der Waals surface area contributed by atoms with Crippen molar-refractivity contribution in [3.8, 4) is 5.75 Å². The van der Waals surface area contributed by atoms with Crippen LogP contribution < -0.4 is 4.74 Å². The van der Waals surface area contributed by atoms with Gasteiger partial charge < -0.3 is 19.8 Å². The number of ether oxygens (including phenoxy) is 1. The maximum atomic E-state index is 11.9. The standard InChI is InChI=1S/C15H21NO4/c1-11-5-2-3-6-14(11)20-8-4-7-15(19)16-9-12(17)13(18)10-16/h2-3,5-6,12-13,17-18H,4,7-10H2,1H3/t12-,13+. The molecule has 0 radical (unpaired) electrons. The number of benzene rings is 1. The number of rotatable bonds is 5. The van der Waals surface area contributed by atoms with Crippen LogP contribution in [-0.2, 0) is 4.79 Å². The molecule has 5 nitrogen and oxygen atoms in total. The molecule has 2 rings (SSSR count). The van der Waals surface area contributed by atoms with Gasteiger partial charge in [0, 0.05) is 19.5 Å². The fraction of sp³-hybridized carbons (Fsp3) is 0.533. The number of aliphatic hydroxyl groups excluding tert-OH is 2. The largest absolute Gasteiger partial charge is 0.493 e. The van der Waals surface area contributed by atoms with Gasteiger partial charge in [-0.3, -0.25) is 4.79 Å². The second-order valence-electron chi connectivity index (χ2n) is 5.15. The Kier molecular flexibility index (Phi) is 4.98. The molecule has 1 heterocycles. The van der Waals surface area contributed by atoms with E-state index in [9.17, 15) is 15.0 Å². The van der Waals surface area contributed by atoms with Crippen molar-refractivity contribution in [3.05, 3.63) is 29.8 Å². The second kappa shape index (κ2) is 6.72. The smallest absolute Gasteiger partial charge is 0.222 e. The van der Waals surface area contributed by atoms with E-state index in [0.717, 1.165) is 11.3 Å². The molecule has 1 aliphatic rings. The number of aliphatic hydroxyl groups is 2. The van der Waals surface area contributed by atoms with E-state index in [1.54, 1.807) is 0 Å². The average Bonchev–Trinajstić information content (AvgIpc) is 2.76. The summed E-state index contributed by atoms with van der Waals surface area (Å²) in [5, 5.41) is 18.8. The Balaban J connectivity index is 1.69. The van der Waals surface area contributed by atoms with Gasteiger partial charge in [-0.05, 0) is 25.0 Å². The van der Waals surface area contributed by atoms with Crippen molar-refractivity contribution in [1.29, 1.82) is 0 Å². The van der Waals surface area contributed by atoms with Crippen molar-refractivity contribution in [1.82, 2.24) is 4.90 Å². The number of para-hydroxylation sites is 1. The number of hydrogen-bond acceptors (Lipinski definition) is 4. The van der Waals surface area contributed by atoms with Crippen LogP contribution in [0.2, 0.25) is 0 Å². The monoisotopic (exact) mass is 279 g/mol. The van der Waals surface area contributed by atoms with Crippen LogP contribution in [0.4, 0.5) is 0 Å². The van der Waals surface area contributed by atoms with Crippen LogP contribution >= 0.6 is 0 Å². The molecule has 1 amide bonds. The first-order chi connectivity index (χ1) is 9.58. The third-order valence-electron chi connectivity index (χ3n) is 3.50. The first-order valence-corrected chi connectivity index (χ1v) is 6.90. The molecule has 0 aromatic heterocycles. The normalized spacial score (nSPS) is 22.1. The van der Waals surface area contributed by atoms with E-state index >= 15 is 0 Å². The van der Waals surface area contributed by atoms with Crippen LogP contribution in [0.25, 0.3) is 0 Å². The summed E-state index contributed by atoms with van der Waals surface area (Å²) in [6.45, 7) is 2.90. The Morgan fingerprint density at radius 3 is 2.60 bits per heavy atom. The Morgan fingerprint density at radius 1 is 1.30 bits per heavy atom. The fourth-order valence-corrected chi connectivity index (χ4v) is 2.26. The van der Waals surface area contributed by atoms with Crippen molar-refractivity contribution in [2.45, 2.75) is 32.0 Å². The lowest BCUT2D eigenvalue weighted by atomic mass is 10.2. The van der Waals surface area contributed by atoms with Gasteiger partial charge in [0.1, 0.15) is 5.75 Å². The molecule has 0 unspecified atom stereocenters. The third-order valence-corrected chi connectivity index (χ3v) is 3.50. The lowest BCUT2D eigenvalue weighted by molar-refractivity contribution is -0.130. The lowest BCUT2D eigenvalue weighted by Gasteiger charge is -2.15. The van der Waals surface area contributed by atoms with E-state index in [2.05, 4.69) is 0 Å². The van der Waals surface area contributed by atoms with Gasteiger partial charge in [-0.15, -0.1) is 0 Å². The van der Waals surface area contributed by atoms with Crippen molar-refractivity contribution >= 4 is 5.91 Å². The summed E-state index contributed by atoms with van der Waals surface area (Å²) < 4.78 is 5.62. The van der Waals surface area contributed by atoms with Gasteiger partial charge in [-0.25, -0.2) is 0 Å². The summed E-state index contributed by atoms with van der Waals surface area (Å²) in [6, 6.07) is 7.76. The summed E-state index contributed by atoms with van der Waals surface area (Å²) >= 11 is 0. The zero-order valence-corrected chi connectivity index (χ0v) is 11.7. The van der Waals surface area contributed by atoms with Gasteiger partial charge in [-0.2, -0.15) is 0 Å². The molecule has 0 saturated carbocycles. The molecule has 2 N–H and O–H groups in total. The molecule has 0 bridgehead atoms. The summed E-state index contributed by atoms with van der Waals surface area (Å²) in [5.41, 5.74) is 1.07. The van der Waals surface area contributed by atoms with E-state index in [1.807, 2.05) is 31.2 Å². The number of carbonyl (C=O) groups is 1. The lowest BCUT2D eigenvalue weighted by Crippen LogP contribution is -2.29. The highest BCUT2D eigenvalue weighted by Gasteiger charge is 2.31. The highest BCUT2D eigenvalue weighted by atomic mass is 16.5. The first kappa shape index (κ1) is 14.8. The van der Waals surface area contributed by atoms with Crippen LogP contribution in [0.1, 0.15) is 18.4 Å². The SMILES string of the molecule is Cc1ccccc1OCCCC(=O)N1C[C@@H](O)[C@@H](O)C1. The third kappa shape index (κ3) is 3.71. The van der Waals surface area contributed by atoms with Crippen LogP contribution in [0, 0.1) is 6.92 Å². The number of β-amino-alcohol motifs (C(OH)–C–C–N with tert-alkyl or cyclic N) is 2. The minimum absolute atomic E-state index is 0.0472. The molecule has 20 heavy (non-hydrogen) atoms. The predicted octanol–water partition coefficient (Wildman–Crippen LogP) is 0.718. The summed E-state index contributed by atoms with van der Waals surface area (Å²) in [5.74, 6) is 0.793. The Labute approximate surface area is 118 Å². The number of nitrogens with zero attached hydrogens (tertiary/aromatic N) is 1. The highest BCUT2D eigenvalue weighted by molar-refractivity contribution is 5.76. The van der Waals surface area contributed by atoms with Gasteiger partial charge in [-0.1, -0.05) is 18.2 Å². The molecule has 0 aliphatic carbocycles. The quantitative estimate of drug-likeness (QED) is 0.779. The topological polar surface area (TPSA) is 70.0 Å². The Bertz CT molecular complexity index is 453. The van der Waals surface area contributed by atoms with E-state index in [1.165, 1.54) is 4.90 Å². The van der Waals surface area contributed by atoms with Crippen LogP contribution in [0.5, 0.6) is 5.75 Å². The highest BCUT2D eigenvalue weighted by Crippen LogP contribution is 2.17. The number of amides is 1. The van der Waals surface area contributed by atoms with Crippen molar-refractivity contribution in [2.75, 3.05) is 19.7 Å². The average molecular weight is 279 g/mol. The molecule has 1 saturated heterocycles. The van der Waals surface area contributed by atoms with Crippen molar-refractivity contribution < 1.29 is 19.7 Å². The second-order valence-corrected chi connectivity index (χ2v) is 5.15. The van der Waals surface area contributed by atoms with E-state index in [0.29, 0.717) is 19.4 Å². The number of aryl methyl sites for hydroxylation is 1.